The van der Waals surface area contributed by atoms with Gasteiger partial charge in [-0.1, -0.05) is 48.0 Å². The molecule has 0 bridgehead atoms. The van der Waals surface area contributed by atoms with Crippen LogP contribution >= 0.6 is 11.6 Å². The fourth-order valence-electron chi connectivity index (χ4n) is 4.45. The third kappa shape index (κ3) is 4.97. The van der Waals surface area contributed by atoms with Crippen LogP contribution in [0.15, 0.2) is 101 Å². The lowest BCUT2D eigenvalue weighted by atomic mass is 9.96. The van der Waals surface area contributed by atoms with E-state index in [0.29, 0.717) is 32.0 Å². The SMILES string of the molecule is Cc1ccc(S(=O)NCc2c[nH]c3nc(-c4ccccc4)c(-c4cc(Cl)c5ncccc5c4)cc3c2=O)cn1. The Morgan fingerprint density at radius 1 is 0.974 bits per heavy atom. The van der Waals surface area contributed by atoms with Gasteiger partial charge in [-0.05, 0) is 48.9 Å². The van der Waals surface area contributed by atoms with Crippen LogP contribution in [0.4, 0.5) is 0 Å². The molecule has 0 aliphatic carbocycles. The number of halogens is 1. The van der Waals surface area contributed by atoms with E-state index in [1.165, 1.54) is 0 Å². The molecule has 6 rings (SSSR count). The highest BCUT2D eigenvalue weighted by Gasteiger charge is 2.17. The summed E-state index contributed by atoms with van der Waals surface area (Å²) in [6.07, 6.45) is 4.88. The van der Waals surface area contributed by atoms with Crippen LogP contribution in [0.5, 0.6) is 0 Å². The van der Waals surface area contributed by atoms with Crippen molar-refractivity contribution >= 4 is 44.5 Å². The number of rotatable bonds is 6. The molecule has 2 N–H and O–H groups in total. The molecule has 0 fully saturated rings. The van der Waals surface area contributed by atoms with Gasteiger partial charge in [0, 0.05) is 52.9 Å². The second kappa shape index (κ2) is 10.5. The zero-order valence-corrected chi connectivity index (χ0v) is 22.4. The van der Waals surface area contributed by atoms with E-state index in [9.17, 15) is 9.00 Å². The molecule has 0 saturated carbocycles. The van der Waals surface area contributed by atoms with Crippen molar-refractivity contribution in [2.45, 2.75) is 18.4 Å². The van der Waals surface area contributed by atoms with Gasteiger partial charge in [-0.2, -0.15) is 0 Å². The highest BCUT2D eigenvalue weighted by Crippen LogP contribution is 2.36. The molecule has 4 heterocycles. The molecular weight excluding hydrogens is 530 g/mol. The predicted molar refractivity (Wildman–Crippen MR) is 156 cm³/mol. The van der Waals surface area contributed by atoms with Gasteiger partial charge in [0.25, 0.3) is 0 Å². The summed E-state index contributed by atoms with van der Waals surface area (Å²) >= 11 is 6.62. The zero-order chi connectivity index (χ0) is 26.9. The second-order valence-electron chi connectivity index (χ2n) is 9.05. The van der Waals surface area contributed by atoms with Crippen LogP contribution in [0.3, 0.4) is 0 Å². The first kappa shape index (κ1) is 25.1. The standard InChI is InChI=1S/C30H22ClN5O2S/c1-18-9-10-23(17-33-18)39(38)35-16-22-15-34-30-25(29(22)37)14-24(27(36-30)19-6-3-2-4-7-19)21-12-20-8-5-11-32-28(20)26(31)13-21/h2-15,17,35H,16H2,1H3,(H,34,36,37). The number of nitrogens with one attached hydrogen (secondary N) is 2. The Bertz CT molecular complexity index is 1930. The van der Waals surface area contributed by atoms with Gasteiger partial charge in [-0.3, -0.25) is 14.8 Å². The molecule has 9 heteroatoms. The van der Waals surface area contributed by atoms with Gasteiger partial charge in [0.15, 0.2) is 5.43 Å². The third-order valence-corrected chi connectivity index (χ3v) is 7.81. The zero-order valence-electron chi connectivity index (χ0n) is 20.8. The molecule has 0 radical (unpaired) electrons. The number of aromatic amines is 1. The lowest BCUT2D eigenvalue weighted by Crippen LogP contribution is -2.22. The first-order valence-electron chi connectivity index (χ1n) is 12.2. The first-order chi connectivity index (χ1) is 19.0. The van der Waals surface area contributed by atoms with Crippen LogP contribution in [0.2, 0.25) is 5.02 Å². The van der Waals surface area contributed by atoms with E-state index < -0.39 is 11.0 Å². The topological polar surface area (TPSA) is 101 Å². The molecule has 4 aromatic heterocycles. The van der Waals surface area contributed by atoms with Crippen molar-refractivity contribution in [3.05, 3.63) is 118 Å². The highest BCUT2D eigenvalue weighted by molar-refractivity contribution is 7.83. The molecule has 0 aliphatic heterocycles. The van der Waals surface area contributed by atoms with Crippen molar-refractivity contribution in [2.24, 2.45) is 0 Å². The van der Waals surface area contributed by atoms with Crippen molar-refractivity contribution in [2.75, 3.05) is 0 Å². The Morgan fingerprint density at radius 2 is 1.82 bits per heavy atom. The number of nitrogens with zero attached hydrogens (tertiary/aromatic N) is 3. The summed E-state index contributed by atoms with van der Waals surface area (Å²) in [6, 6.07) is 22.9. The van der Waals surface area contributed by atoms with E-state index in [1.54, 1.807) is 30.7 Å². The number of pyridine rings is 4. The van der Waals surface area contributed by atoms with Gasteiger partial charge in [0.05, 0.1) is 26.5 Å². The lowest BCUT2D eigenvalue weighted by Gasteiger charge is -2.13. The normalized spacial score (nSPS) is 12.2. The molecule has 2 aromatic carbocycles. The molecule has 1 atom stereocenters. The van der Waals surface area contributed by atoms with Gasteiger partial charge in [0.1, 0.15) is 16.6 Å². The van der Waals surface area contributed by atoms with Crippen LogP contribution in [0, 0.1) is 6.92 Å². The average Bonchev–Trinajstić information content (AvgIpc) is 2.97. The summed E-state index contributed by atoms with van der Waals surface area (Å²) in [4.78, 5) is 30.8. The van der Waals surface area contributed by atoms with Gasteiger partial charge < -0.3 is 4.98 Å². The number of hydrogen-bond acceptors (Lipinski definition) is 5. The fraction of sp³-hybridized carbons (Fsp3) is 0.0667. The minimum atomic E-state index is -1.51. The highest BCUT2D eigenvalue weighted by atomic mass is 35.5. The number of benzene rings is 2. The Labute approximate surface area is 231 Å². The summed E-state index contributed by atoms with van der Waals surface area (Å²) in [6.45, 7) is 1.97. The van der Waals surface area contributed by atoms with Crippen molar-refractivity contribution < 1.29 is 4.21 Å². The van der Waals surface area contributed by atoms with E-state index in [0.717, 1.165) is 33.5 Å². The van der Waals surface area contributed by atoms with Gasteiger partial charge in [0.2, 0.25) is 0 Å². The van der Waals surface area contributed by atoms with Gasteiger partial charge >= 0.3 is 0 Å². The largest absolute Gasteiger partial charge is 0.346 e. The van der Waals surface area contributed by atoms with Crippen molar-refractivity contribution in [3.8, 4) is 22.4 Å². The van der Waals surface area contributed by atoms with Gasteiger partial charge in [-0.25, -0.2) is 13.9 Å². The Balaban J connectivity index is 1.46. The lowest BCUT2D eigenvalue weighted by molar-refractivity contribution is 0.671. The number of aromatic nitrogens is 4. The maximum absolute atomic E-state index is 13.6. The van der Waals surface area contributed by atoms with E-state index in [1.807, 2.05) is 67.6 Å². The molecule has 192 valence electrons. The predicted octanol–water partition coefficient (Wildman–Crippen LogP) is 5.97. The van der Waals surface area contributed by atoms with Crippen LogP contribution in [0.1, 0.15) is 11.3 Å². The van der Waals surface area contributed by atoms with Crippen LogP contribution < -0.4 is 10.2 Å². The molecule has 0 saturated heterocycles. The number of aryl methyl sites for hydroxylation is 1. The molecule has 0 aliphatic rings. The number of H-pyrrole nitrogens is 1. The summed E-state index contributed by atoms with van der Waals surface area (Å²) in [5, 5.41) is 1.83. The number of hydrogen-bond donors (Lipinski definition) is 2. The minimum absolute atomic E-state index is 0.106. The monoisotopic (exact) mass is 551 g/mol. The van der Waals surface area contributed by atoms with E-state index >= 15 is 0 Å². The summed E-state index contributed by atoms with van der Waals surface area (Å²) < 4.78 is 15.6. The van der Waals surface area contributed by atoms with E-state index in [4.69, 9.17) is 16.6 Å². The van der Waals surface area contributed by atoms with Gasteiger partial charge in [-0.15, -0.1) is 0 Å². The Hall–Kier alpha value is -4.24. The number of fused-ring (bicyclic) bond motifs is 2. The second-order valence-corrected chi connectivity index (χ2v) is 10.8. The average molecular weight is 552 g/mol. The van der Waals surface area contributed by atoms with Crippen LogP contribution in [-0.2, 0) is 17.5 Å². The Morgan fingerprint density at radius 3 is 2.62 bits per heavy atom. The Kier molecular flexibility index (Phi) is 6.74. The molecule has 7 nitrogen and oxygen atoms in total. The van der Waals surface area contributed by atoms with E-state index in [-0.39, 0.29) is 12.0 Å². The molecular formula is C30H22ClN5O2S. The summed E-state index contributed by atoms with van der Waals surface area (Å²) in [7, 11) is -1.51. The quantitative estimate of drug-likeness (QED) is 0.265. The maximum atomic E-state index is 13.6. The van der Waals surface area contributed by atoms with Crippen LogP contribution in [0.25, 0.3) is 44.3 Å². The summed E-state index contributed by atoms with van der Waals surface area (Å²) in [5.41, 5.74) is 5.47. The molecule has 0 spiro atoms. The third-order valence-electron chi connectivity index (χ3n) is 6.45. The smallest absolute Gasteiger partial charge is 0.195 e. The van der Waals surface area contributed by atoms with Crippen molar-refractivity contribution in [1.82, 2.24) is 24.7 Å². The fourth-order valence-corrected chi connectivity index (χ4v) is 5.52. The first-order valence-corrected chi connectivity index (χ1v) is 13.7. The summed E-state index contributed by atoms with van der Waals surface area (Å²) in [5.74, 6) is 0. The van der Waals surface area contributed by atoms with Crippen molar-refractivity contribution in [1.29, 1.82) is 0 Å². The molecule has 6 aromatic rings. The maximum Gasteiger partial charge on any atom is 0.195 e. The van der Waals surface area contributed by atoms with Crippen LogP contribution in [-0.4, -0.2) is 24.1 Å². The van der Waals surface area contributed by atoms with E-state index in [2.05, 4.69) is 19.7 Å². The minimum Gasteiger partial charge on any atom is -0.346 e. The molecule has 39 heavy (non-hydrogen) atoms. The molecule has 0 amide bonds. The van der Waals surface area contributed by atoms with Crippen molar-refractivity contribution in [3.63, 3.8) is 0 Å². The molecule has 1 unspecified atom stereocenters.